The van der Waals surface area contributed by atoms with Crippen LogP contribution in [0.5, 0.6) is 0 Å². The average Bonchev–Trinajstić information content (AvgIpc) is 2.16. The molecule has 0 saturated carbocycles. The van der Waals surface area contributed by atoms with Gasteiger partial charge in [0.2, 0.25) is 0 Å². The van der Waals surface area contributed by atoms with Crippen molar-refractivity contribution in [2.75, 3.05) is 11.4 Å². The Bertz CT molecular complexity index is 420. The van der Waals surface area contributed by atoms with Gasteiger partial charge in [0.1, 0.15) is 0 Å². The summed E-state index contributed by atoms with van der Waals surface area (Å²) < 4.78 is 0. The summed E-state index contributed by atoms with van der Waals surface area (Å²) in [4.78, 5) is 12.3. The lowest BCUT2D eigenvalue weighted by Gasteiger charge is -2.27. The lowest BCUT2D eigenvalue weighted by atomic mass is 10.0. The van der Waals surface area contributed by atoms with E-state index in [-0.39, 0.29) is 0 Å². The van der Waals surface area contributed by atoms with Gasteiger partial charge in [0, 0.05) is 16.6 Å². The fraction of sp³-hybridized carbons (Fsp3) is 0.300. The molecular weight excluding hydrogens is 237 g/mol. The molecule has 1 aliphatic rings. The summed E-state index contributed by atoms with van der Waals surface area (Å²) in [6.07, 6.45) is 0.629. The van der Waals surface area contributed by atoms with E-state index in [0.29, 0.717) is 22.3 Å². The van der Waals surface area contributed by atoms with Gasteiger partial charge in [0.25, 0.3) is 0 Å². The van der Waals surface area contributed by atoms with E-state index in [0.717, 1.165) is 18.4 Å². The second-order valence-corrected chi connectivity index (χ2v) is 4.27. The fourth-order valence-electron chi connectivity index (χ4n) is 1.81. The van der Waals surface area contributed by atoms with Crippen molar-refractivity contribution in [2.24, 2.45) is 0 Å². The van der Waals surface area contributed by atoms with Crippen LogP contribution in [0.2, 0.25) is 10.0 Å². The van der Waals surface area contributed by atoms with Gasteiger partial charge >= 0.3 is 6.09 Å². The molecule has 0 spiro atoms. The van der Waals surface area contributed by atoms with Crippen molar-refractivity contribution in [3.05, 3.63) is 27.7 Å². The number of benzene rings is 1. The maximum atomic E-state index is 11.0. The standard InChI is InChI=1S/C10H9Cl2NO2/c11-6-4-8(12)7-2-1-3-13(10(14)15)9(7)5-6/h4-5H,1-3H2,(H,14,15). The van der Waals surface area contributed by atoms with E-state index in [1.54, 1.807) is 12.1 Å². The van der Waals surface area contributed by atoms with Crippen LogP contribution in [0, 0.1) is 0 Å². The van der Waals surface area contributed by atoms with Gasteiger partial charge in [-0.3, -0.25) is 4.90 Å². The van der Waals surface area contributed by atoms with Crippen molar-refractivity contribution < 1.29 is 9.90 Å². The van der Waals surface area contributed by atoms with Crippen LogP contribution in [0.25, 0.3) is 0 Å². The third kappa shape index (κ3) is 1.90. The fourth-order valence-corrected chi connectivity index (χ4v) is 2.39. The Morgan fingerprint density at radius 2 is 2.13 bits per heavy atom. The van der Waals surface area contributed by atoms with Gasteiger partial charge in [0.05, 0.1) is 5.69 Å². The minimum atomic E-state index is -0.964. The molecule has 1 aromatic rings. The van der Waals surface area contributed by atoms with E-state index in [1.165, 1.54) is 4.90 Å². The SMILES string of the molecule is O=C(O)N1CCCc2c(Cl)cc(Cl)cc21. The molecule has 0 saturated heterocycles. The highest BCUT2D eigenvalue weighted by molar-refractivity contribution is 6.35. The Morgan fingerprint density at radius 1 is 1.40 bits per heavy atom. The maximum absolute atomic E-state index is 11.0. The first kappa shape index (κ1) is 10.6. The number of halogens is 2. The van der Waals surface area contributed by atoms with Gasteiger partial charge < -0.3 is 5.11 Å². The molecule has 1 N–H and O–H groups in total. The van der Waals surface area contributed by atoms with Crippen LogP contribution < -0.4 is 4.90 Å². The summed E-state index contributed by atoms with van der Waals surface area (Å²) in [7, 11) is 0. The molecule has 0 radical (unpaired) electrons. The second kappa shape index (κ2) is 3.91. The Morgan fingerprint density at radius 3 is 2.80 bits per heavy atom. The molecule has 0 atom stereocenters. The van der Waals surface area contributed by atoms with Crippen LogP contribution in [0.15, 0.2) is 12.1 Å². The van der Waals surface area contributed by atoms with Crippen molar-refractivity contribution in [3.63, 3.8) is 0 Å². The number of hydrogen-bond donors (Lipinski definition) is 1. The summed E-state index contributed by atoms with van der Waals surface area (Å²) in [5.74, 6) is 0. The van der Waals surface area contributed by atoms with Crippen LogP contribution >= 0.6 is 23.2 Å². The van der Waals surface area contributed by atoms with Crippen LogP contribution in [0.4, 0.5) is 10.5 Å². The summed E-state index contributed by atoms with van der Waals surface area (Å²) in [5, 5.41) is 10.0. The largest absolute Gasteiger partial charge is 0.465 e. The quantitative estimate of drug-likeness (QED) is 0.761. The molecule has 2 rings (SSSR count). The summed E-state index contributed by atoms with van der Waals surface area (Å²) in [6.45, 7) is 0.499. The van der Waals surface area contributed by atoms with Gasteiger partial charge in [-0.05, 0) is 30.5 Å². The first-order valence-corrected chi connectivity index (χ1v) is 5.33. The topological polar surface area (TPSA) is 40.5 Å². The zero-order valence-electron chi connectivity index (χ0n) is 7.83. The Kier molecular flexibility index (Phi) is 2.76. The smallest absolute Gasteiger partial charge is 0.411 e. The van der Waals surface area contributed by atoms with Crippen molar-refractivity contribution in [1.29, 1.82) is 0 Å². The number of amides is 1. The van der Waals surface area contributed by atoms with Crippen LogP contribution in [0.3, 0.4) is 0 Å². The summed E-state index contributed by atoms with van der Waals surface area (Å²) >= 11 is 11.9. The van der Waals surface area contributed by atoms with Crippen LogP contribution in [-0.2, 0) is 6.42 Å². The van der Waals surface area contributed by atoms with Crippen molar-refractivity contribution in [2.45, 2.75) is 12.8 Å². The Balaban J connectivity index is 2.55. The van der Waals surface area contributed by atoms with E-state index in [1.807, 2.05) is 0 Å². The molecule has 5 heteroatoms. The molecule has 0 bridgehead atoms. The zero-order chi connectivity index (χ0) is 11.0. The van der Waals surface area contributed by atoms with E-state index in [4.69, 9.17) is 28.3 Å². The zero-order valence-corrected chi connectivity index (χ0v) is 9.35. The van der Waals surface area contributed by atoms with Crippen LogP contribution in [-0.4, -0.2) is 17.7 Å². The van der Waals surface area contributed by atoms with Gasteiger partial charge in [-0.1, -0.05) is 23.2 Å². The maximum Gasteiger partial charge on any atom is 0.411 e. The third-order valence-electron chi connectivity index (χ3n) is 2.47. The van der Waals surface area contributed by atoms with Gasteiger partial charge in [-0.15, -0.1) is 0 Å². The minimum absolute atomic E-state index is 0.465. The second-order valence-electron chi connectivity index (χ2n) is 3.42. The molecule has 1 heterocycles. The molecule has 0 fully saturated rings. The van der Waals surface area contributed by atoms with Crippen molar-refractivity contribution in [1.82, 2.24) is 0 Å². The normalized spacial score (nSPS) is 14.9. The first-order chi connectivity index (χ1) is 7.09. The average molecular weight is 246 g/mol. The number of rotatable bonds is 0. The molecule has 1 aliphatic heterocycles. The van der Waals surface area contributed by atoms with Crippen molar-refractivity contribution >= 4 is 35.0 Å². The number of anilines is 1. The Hall–Kier alpha value is -0.930. The molecule has 0 aliphatic carbocycles. The molecular formula is C10H9Cl2NO2. The van der Waals surface area contributed by atoms with Gasteiger partial charge in [-0.25, -0.2) is 4.79 Å². The highest BCUT2D eigenvalue weighted by atomic mass is 35.5. The summed E-state index contributed by atoms with van der Waals surface area (Å²) in [6, 6.07) is 3.29. The number of carboxylic acid groups (broad SMARTS) is 1. The summed E-state index contributed by atoms with van der Waals surface area (Å²) in [5.41, 5.74) is 1.49. The molecule has 15 heavy (non-hydrogen) atoms. The van der Waals surface area contributed by atoms with E-state index in [2.05, 4.69) is 0 Å². The van der Waals surface area contributed by atoms with Gasteiger partial charge in [0.15, 0.2) is 0 Å². The van der Waals surface area contributed by atoms with Crippen molar-refractivity contribution in [3.8, 4) is 0 Å². The molecule has 0 aromatic heterocycles. The highest BCUT2D eigenvalue weighted by Gasteiger charge is 2.24. The molecule has 3 nitrogen and oxygen atoms in total. The Labute approximate surface area is 97.2 Å². The number of fused-ring (bicyclic) bond motifs is 1. The van der Waals surface area contributed by atoms with Gasteiger partial charge in [-0.2, -0.15) is 0 Å². The molecule has 0 unspecified atom stereocenters. The monoisotopic (exact) mass is 245 g/mol. The predicted octanol–water partition coefficient (Wildman–Crippen LogP) is 3.42. The van der Waals surface area contributed by atoms with Crippen LogP contribution in [0.1, 0.15) is 12.0 Å². The molecule has 1 aromatic carbocycles. The van der Waals surface area contributed by atoms with E-state index < -0.39 is 6.09 Å². The highest BCUT2D eigenvalue weighted by Crippen LogP contribution is 2.35. The molecule has 1 amide bonds. The first-order valence-electron chi connectivity index (χ1n) is 4.58. The number of hydrogen-bond acceptors (Lipinski definition) is 1. The lowest BCUT2D eigenvalue weighted by Crippen LogP contribution is -2.34. The number of carbonyl (C=O) groups is 1. The third-order valence-corrected chi connectivity index (χ3v) is 3.02. The molecule has 80 valence electrons. The lowest BCUT2D eigenvalue weighted by molar-refractivity contribution is 0.201. The van der Waals surface area contributed by atoms with E-state index in [9.17, 15) is 4.79 Å². The minimum Gasteiger partial charge on any atom is -0.465 e. The number of nitrogens with zero attached hydrogens (tertiary/aromatic N) is 1. The predicted molar refractivity (Wildman–Crippen MR) is 60.2 cm³/mol. The van der Waals surface area contributed by atoms with E-state index >= 15 is 0 Å².